The van der Waals surface area contributed by atoms with Crippen molar-refractivity contribution in [2.24, 2.45) is 10.7 Å². The number of nitrogens with zero attached hydrogens (tertiary/aromatic N) is 3. The van der Waals surface area contributed by atoms with Gasteiger partial charge in [0.25, 0.3) is 5.91 Å². The first kappa shape index (κ1) is 20.5. The van der Waals surface area contributed by atoms with Crippen LogP contribution in [0, 0.1) is 17.5 Å². The number of halogens is 4. The van der Waals surface area contributed by atoms with Crippen LogP contribution in [-0.2, 0) is 17.0 Å². The van der Waals surface area contributed by atoms with Gasteiger partial charge in [-0.15, -0.1) is 0 Å². The summed E-state index contributed by atoms with van der Waals surface area (Å²) in [7, 11) is 1.36. The van der Waals surface area contributed by atoms with Crippen LogP contribution in [0.4, 0.5) is 17.6 Å². The molecule has 3 aromatic rings. The second kappa shape index (κ2) is 7.50. The Hall–Kier alpha value is -3.75. The van der Waals surface area contributed by atoms with Gasteiger partial charge in [0.2, 0.25) is 5.54 Å². The molecule has 31 heavy (non-hydrogen) atoms. The Kier molecular flexibility index (Phi) is 4.96. The summed E-state index contributed by atoms with van der Waals surface area (Å²) in [6, 6.07) is 9.89. The van der Waals surface area contributed by atoms with Crippen molar-refractivity contribution in [2.45, 2.75) is 12.2 Å². The molecule has 1 aromatic heterocycles. The maximum atomic E-state index is 14.7. The Morgan fingerprint density at radius 3 is 2.42 bits per heavy atom. The van der Waals surface area contributed by atoms with Crippen LogP contribution in [0.3, 0.4) is 0 Å². The predicted octanol–water partition coefficient (Wildman–Crippen LogP) is 3.67. The number of hydrogen-bond acceptors (Lipinski definition) is 4. The van der Waals surface area contributed by atoms with Crippen molar-refractivity contribution in [2.75, 3.05) is 7.05 Å². The van der Waals surface area contributed by atoms with E-state index >= 15 is 0 Å². The minimum Gasteiger partial charge on any atom is -0.369 e. The lowest BCUT2D eigenvalue weighted by Gasteiger charge is -2.26. The molecule has 9 heteroatoms. The minimum absolute atomic E-state index is 0.0227. The van der Waals surface area contributed by atoms with Gasteiger partial charge in [0.1, 0.15) is 12.5 Å². The largest absolute Gasteiger partial charge is 0.369 e. The smallest absolute Gasteiger partial charge is 0.267 e. The topological polar surface area (TPSA) is 71.6 Å². The molecule has 0 radical (unpaired) electrons. The fourth-order valence-electron chi connectivity index (χ4n) is 3.57. The third-order valence-corrected chi connectivity index (χ3v) is 5.20. The van der Waals surface area contributed by atoms with E-state index in [1.165, 1.54) is 43.6 Å². The predicted molar refractivity (Wildman–Crippen MR) is 106 cm³/mol. The van der Waals surface area contributed by atoms with Gasteiger partial charge in [-0.05, 0) is 41.5 Å². The molecule has 1 amide bonds. The summed E-state index contributed by atoms with van der Waals surface area (Å²) < 4.78 is 57.0. The zero-order valence-corrected chi connectivity index (χ0v) is 16.2. The highest BCUT2D eigenvalue weighted by Crippen LogP contribution is 2.41. The molecule has 0 fully saturated rings. The molecule has 2 heterocycles. The third-order valence-electron chi connectivity index (χ3n) is 5.20. The van der Waals surface area contributed by atoms with E-state index in [0.29, 0.717) is 0 Å². The molecule has 1 atom stereocenters. The number of likely N-dealkylation sites (N-methyl/N-ethyl adjacent to an activating group) is 1. The Balaban J connectivity index is 2.04. The normalized spacial score (nSPS) is 18.4. The molecule has 2 N–H and O–H groups in total. The number of hydrogen-bond donors (Lipinski definition) is 1. The number of nitrogens with two attached hydrogens (primary N) is 1. The summed E-state index contributed by atoms with van der Waals surface area (Å²) in [5.74, 6) is -4.26. The standard InChI is InChI=1S/C22H16F4N4O/c1-30-20(31)22(29-21(30)27,18-8-12(11-23)6-7-28-18)13-9-15(19(26)17(25)10-13)14-4-2-3-5-16(14)24/h2-10H,11H2,1H3,(H2,27,29). The van der Waals surface area contributed by atoms with E-state index in [1.807, 2.05) is 0 Å². The maximum absolute atomic E-state index is 14.7. The van der Waals surface area contributed by atoms with Gasteiger partial charge in [0.05, 0.1) is 5.69 Å². The van der Waals surface area contributed by atoms with Gasteiger partial charge in [0, 0.05) is 24.4 Å². The molecule has 158 valence electrons. The molecule has 4 rings (SSSR count). The number of aliphatic imine (C=N–C) groups is 1. The molecule has 5 nitrogen and oxygen atoms in total. The molecule has 1 aliphatic rings. The van der Waals surface area contributed by atoms with Crippen molar-refractivity contribution in [1.29, 1.82) is 0 Å². The summed E-state index contributed by atoms with van der Waals surface area (Å²) in [6.45, 7) is -0.840. The lowest BCUT2D eigenvalue weighted by atomic mass is 9.83. The Morgan fingerprint density at radius 1 is 1.03 bits per heavy atom. The number of amides is 1. The number of aromatic nitrogens is 1. The average Bonchev–Trinajstić information content (AvgIpc) is 3.01. The van der Waals surface area contributed by atoms with Gasteiger partial charge < -0.3 is 5.73 Å². The number of carbonyl (C=O) groups is 1. The highest BCUT2D eigenvalue weighted by atomic mass is 19.2. The van der Waals surface area contributed by atoms with E-state index in [9.17, 15) is 22.4 Å². The van der Waals surface area contributed by atoms with Crippen LogP contribution in [0.2, 0.25) is 0 Å². The van der Waals surface area contributed by atoms with Crippen LogP contribution >= 0.6 is 0 Å². The first-order valence-electron chi connectivity index (χ1n) is 9.19. The number of pyridine rings is 1. The van der Waals surface area contributed by atoms with Gasteiger partial charge in [-0.1, -0.05) is 18.2 Å². The number of guanidine groups is 1. The highest BCUT2D eigenvalue weighted by Gasteiger charge is 2.51. The molecule has 0 bridgehead atoms. The lowest BCUT2D eigenvalue weighted by Crippen LogP contribution is -2.41. The van der Waals surface area contributed by atoms with E-state index in [0.717, 1.165) is 23.1 Å². The van der Waals surface area contributed by atoms with E-state index in [-0.39, 0.29) is 28.3 Å². The summed E-state index contributed by atoms with van der Waals surface area (Å²) >= 11 is 0. The lowest BCUT2D eigenvalue weighted by molar-refractivity contribution is -0.129. The van der Waals surface area contributed by atoms with E-state index in [2.05, 4.69) is 9.98 Å². The van der Waals surface area contributed by atoms with E-state index in [4.69, 9.17) is 5.73 Å². The molecule has 0 saturated carbocycles. The van der Waals surface area contributed by atoms with Gasteiger partial charge in [-0.25, -0.2) is 22.6 Å². The number of rotatable bonds is 4. The van der Waals surface area contributed by atoms with Gasteiger partial charge in [-0.3, -0.25) is 14.7 Å². The molecule has 2 aromatic carbocycles. The van der Waals surface area contributed by atoms with Crippen LogP contribution in [-0.4, -0.2) is 28.8 Å². The first-order chi connectivity index (χ1) is 14.8. The van der Waals surface area contributed by atoms with Crippen molar-refractivity contribution in [1.82, 2.24) is 9.88 Å². The zero-order chi connectivity index (χ0) is 22.3. The summed E-state index contributed by atoms with van der Waals surface area (Å²) in [5, 5.41) is 0. The summed E-state index contributed by atoms with van der Waals surface area (Å²) in [6.07, 6.45) is 1.28. The van der Waals surface area contributed by atoms with E-state index in [1.54, 1.807) is 0 Å². The second-order valence-corrected chi connectivity index (χ2v) is 7.03. The minimum atomic E-state index is -1.99. The number of alkyl halides is 1. The van der Waals surface area contributed by atoms with Crippen LogP contribution in [0.15, 0.2) is 59.7 Å². The Morgan fingerprint density at radius 2 is 1.77 bits per heavy atom. The van der Waals surface area contributed by atoms with Crippen molar-refractivity contribution in [3.8, 4) is 11.1 Å². The average molecular weight is 428 g/mol. The van der Waals surface area contributed by atoms with Gasteiger partial charge in [0.15, 0.2) is 17.6 Å². The van der Waals surface area contributed by atoms with Crippen molar-refractivity contribution >= 4 is 11.9 Å². The highest BCUT2D eigenvalue weighted by molar-refractivity contribution is 6.08. The Labute approximate surface area is 174 Å². The molecular formula is C22H16F4N4O. The molecule has 0 aliphatic carbocycles. The van der Waals surface area contributed by atoms with Crippen LogP contribution < -0.4 is 5.73 Å². The summed E-state index contributed by atoms with van der Waals surface area (Å²) in [5.41, 5.74) is 3.34. The molecule has 1 unspecified atom stereocenters. The van der Waals surface area contributed by atoms with Gasteiger partial charge >= 0.3 is 0 Å². The molecule has 0 spiro atoms. The van der Waals surface area contributed by atoms with Crippen molar-refractivity contribution in [3.63, 3.8) is 0 Å². The Bertz CT molecular complexity index is 1230. The summed E-state index contributed by atoms with van der Waals surface area (Å²) in [4.78, 5) is 22.7. The SMILES string of the molecule is CN1C(=O)C(c2cc(F)c(F)c(-c3ccccc3F)c2)(c2cc(CF)ccn2)N=C1N. The maximum Gasteiger partial charge on any atom is 0.267 e. The zero-order valence-electron chi connectivity index (χ0n) is 16.2. The van der Waals surface area contributed by atoms with Gasteiger partial charge in [-0.2, -0.15) is 0 Å². The molecule has 0 saturated heterocycles. The fraction of sp³-hybridized carbons (Fsp3) is 0.136. The first-order valence-corrected chi connectivity index (χ1v) is 9.19. The third kappa shape index (κ3) is 3.13. The van der Waals surface area contributed by atoms with Crippen LogP contribution in [0.5, 0.6) is 0 Å². The fourth-order valence-corrected chi connectivity index (χ4v) is 3.57. The van der Waals surface area contributed by atoms with Crippen molar-refractivity contribution < 1.29 is 22.4 Å². The second-order valence-electron chi connectivity index (χ2n) is 7.03. The van der Waals surface area contributed by atoms with Crippen LogP contribution in [0.25, 0.3) is 11.1 Å². The van der Waals surface area contributed by atoms with Crippen molar-refractivity contribution in [3.05, 3.63) is 89.0 Å². The van der Waals surface area contributed by atoms with E-state index < -0.39 is 41.1 Å². The monoisotopic (exact) mass is 428 g/mol. The number of carbonyl (C=O) groups excluding carboxylic acids is 1. The quantitative estimate of drug-likeness (QED) is 0.645. The number of benzene rings is 2. The molecular weight excluding hydrogens is 412 g/mol. The molecule has 1 aliphatic heterocycles. The van der Waals surface area contributed by atoms with Crippen LogP contribution in [0.1, 0.15) is 16.8 Å².